The second-order valence-electron chi connectivity index (χ2n) is 6.08. The van der Waals surface area contributed by atoms with E-state index in [1.165, 1.54) is 0 Å². The number of nitrogens with one attached hydrogen (secondary N) is 1. The molecule has 0 aliphatic heterocycles. The normalized spacial score (nSPS) is 12.6. The third kappa shape index (κ3) is 4.60. The molecule has 5 N–H and O–H groups in total. The second kappa shape index (κ2) is 8.15. The summed E-state index contributed by atoms with van der Waals surface area (Å²) >= 11 is 0. The Hall–Kier alpha value is -2.97. The Kier molecular flexibility index (Phi) is 5.68. The van der Waals surface area contributed by atoms with E-state index in [-0.39, 0.29) is 29.9 Å². The van der Waals surface area contributed by atoms with Gasteiger partial charge in [-0.05, 0) is 17.7 Å². The fourth-order valence-electron chi connectivity index (χ4n) is 2.84. The van der Waals surface area contributed by atoms with Crippen molar-refractivity contribution in [3.05, 3.63) is 72.6 Å². The summed E-state index contributed by atoms with van der Waals surface area (Å²) < 4.78 is 28.5. The van der Waals surface area contributed by atoms with Crippen molar-refractivity contribution in [3.63, 3.8) is 0 Å². The molecule has 3 rings (SSSR count). The highest BCUT2D eigenvalue weighted by Crippen LogP contribution is 2.23. The summed E-state index contributed by atoms with van der Waals surface area (Å²) in [6.45, 7) is 0.457. The third-order valence-electron chi connectivity index (χ3n) is 4.22. The number of pyridine rings is 1. The maximum Gasteiger partial charge on any atom is 0.241 e. The number of fused-ring (bicyclic) bond motifs is 1. The lowest BCUT2D eigenvalue weighted by Crippen LogP contribution is -2.31. The van der Waals surface area contributed by atoms with Crippen molar-refractivity contribution in [1.82, 2.24) is 9.71 Å². The Balaban J connectivity index is 1.86. The number of aliphatic imine (C=N–C) groups is 1. The standard InChI is InChI=1S/C19H21N5O2S/c20-19(21)23-12-16(14-5-2-1-3-6-14)13-24-27(25,26)18-8-4-7-15-11-22-10-9-17(15)18/h1-11,16,24H,12-13H2,(H4,20,21,23). The van der Waals surface area contributed by atoms with Gasteiger partial charge in [0, 0.05) is 35.6 Å². The molecule has 140 valence electrons. The van der Waals surface area contributed by atoms with Gasteiger partial charge >= 0.3 is 0 Å². The number of nitrogens with zero attached hydrogens (tertiary/aromatic N) is 2. The molecular formula is C19H21N5O2S. The predicted octanol–water partition coefficient (Wildman–Crippen LogP) is 1.57. The van der Waals surface area contributed by atoms with E-state index in [2.05, 4.69) is 14.7 Å². The predicted molar refractivity (Wildman–Crippen MR) is 107 cm³/mol. The summed E-state index contributed by atoms with van der Waals surface area (Å²) in [4.78, 5) is 8.31. The van der Waals surface area contributed by atoms with Crippen molar-refractivity contribution in [2.45, 2.75) is 10.8 Å². The Bertz CT molecular complexity index is 1040. The van der Waals surface area contributed by atoms with Crippen molar-refractivity contribution < 1.29 is 8.42 Å². The number of hydrogen-bond donors (Lipinski definition) is 3. The molecule has 0 fully saturated rings. The molecule has 0 aliphatic rings. The zero-order valence-electron chi connectivity index (χ0n) is 14.6. The fraction of sp³-hybridized carbons (Fsp3) is 0.158. The highest BCUT2D eigenvalue weighted by molar-refractivity contribution is 7.89. The number of rotatable bonds is 7. The van der Waals surface area contributed by atoms with Crippen LogP contribution in [0, 0.1) is 0 Å². The van der Waals surface area contributed by atoms with E-state index in [0.29, 0.717) is 5.39 Å². The van der Waals surface area contributed by atoms with Gasteiger partial charge in [0.25, 0.3) is 0 Å². The third-order valence-corrected chi connectivity index (χ3v) is 5.70. The molecule has 7 nitrogen and oxygen atoms in total. The summed E-state index contributed by atoms with van der Waals surface area (Å²) in [5, 5.41) is 1.39. The highest BCUT2D eigenvalue weighted by atomic mass is 32.2. The molecule has 0 radical (unpaired) electrons. The van der Waals surface area contributed by atoms with Crippen LogP contribution < -0.4 is 16.2 Å². The average Bonchev–Trinajstić information content (AvgIpc) is 2.68. The summed E-state index contributed by atoms with van der Waals surface area (Å²) in [6.07, 6.45) is 3.22. The zero-order chi connectivity index (χ0) is 19.3. The Labute approximate surface area is 158 Å². The zero-order valence-corrected chi connectivity index (χ0v) is 15.4. The monoisotopic (exact) mass is 383 g/mol. The van der Waals surface area contributed by atoms with Gasteiger partial charge in [-0.15, -0.1) is 0 Å². The van der Waals surface area contributed by atoms with Crippen LogP contribution >= 0.6 is 0 Å². The van der Waals surface area contributed by atoms with E-state index >= 15 is 0 Å². The number of sulfonamides is 1. The first-order chi connectivity index (χ1) is 13.0. The molecule has 27 heavy (non-hydrogen) atoms. The summed E-state index contributed by atoms with van der Waals surface area (Å²) in [5.41, 5.74) is 11.8. The van der Waals surface area contributed by atoms with Gasteiger partial charge in [0.05, 0.1) is 11.4 Å². The molecule has 0 aliphatic carbocycles. The molecule has 2 aromatic carbocycles. The maximum atomic E-state index is 12.9. The molecule has 1 heterocycles. The van der Waals surface area contributed by atoms with Crippen LogP contribution in [0.25, 0.3) is 10.8 Å². The lowest BCUT2D eigenvalue weighted by atomic mass is 10.00. The van der Waals surface area contributed by atoms with Crippen LogP contribution in [0.4, 0.5) is 0 Å². The van der Waals surface area contributed by atoms with Crippen LogP contribution in [-0.2, 0) is 10.0 Å². The van der Waals surface area contributed by atoms with Crippen LogP contribution in [0.1, 0.15) is 11.5 Å². The molecule has 1 unspecified atom stereocenters. The molecule has 3 aromatic rings. The minimum atomic E-state index is -3.72. The van der Waals surface area contributed by atoms with Gasteiger partial charge in [0.1, 0.15) is 0 Å². The molecule has 8 heteroatoms. The van der Waals surface area contributed by atoms with Gasteiger partial charge in [-0.3, -0.25) is 9.98 Å². The van der Waals surface area contributed by atoms with Crippen molar-refractivity contribution in [3.8, 4) is 0 Å². The Morgan fingerprint density at radius 1 is 1.07 bits per heavy atom. The smallest absolute Gasteiger partial charge is 0.241 e. The summed E-state index contributed by atoms with van der Waals surface area (Å²) in [5.74, 6) is -0.222. The van der Waals surface area contributed by atoms with Crippen molar-refractivity contribution in [1.29, 1.82) is 0 Å². The second-order valence-corrected chi connectivity index (χ2v) is 7.81. The average molecular weight is 383 g/mol. The number of aromatic nitrogens is 1. The number of benzene rings is 2. The topological polar surface area (TPSA) is 123 Å². The minimum absolute atomic E-state index is 0.0275. The minimum Gasteiger partial charge on any atom is -0.370 e. The summed E-state index contributed by atoms with van der Waals surface area (Å²) in [7, 11) is -3.72. The first kappa shape index (κ1) is 18.8. The molecular weight excluding hydrogens is 362 g/mol. The van der Waals surface area contributed by atoms with Crippen molar-refractivity contribution in [2.24, 2.45) is 16.5 Å². The SMILES string of the molecule is NC(N)=NCC(CNS(=O)(=O)c1cccc2cnccc12)c1ccccc1. The molecule has 1 aromatic heterocycles. The molecule has 0 saturated carbocycles. The number of hydrogen-bond acceptors (Lipinski definition) is 4. The van der Waals surface area contributed by atoms with Crippen LogP contribution in [0.2, 0.25) is 0 Å². The van der Waals surface area contributed by atoms with Crippen LogP contribution in [-0.4, -0.2) is 32.5 Å². The van der Waals surface area contributed by atoms with Crippen LogP contribution in [0.3, 0.4) is 0 Å². The fourth-order valence-corrected chi connectivity index (χ4v) is 4.15. The van der Waals surface area contributed by atoms with Gasteiger partial charge < -0.3 is 11.5 Å². The van der Waals surface area contributed by atoms with Gasteiger partial charge in [0.15, 0.2) is 5.96 Å². The van der Waals surface area contributed by atoms with Gasteiger partial charge in [-0.1, -0.05) is 42.5 Å². The van der Waals surface area contributed by atoms with Crippen molar-refractivity contribution in [2.75, 3.05) is 13.1 Å². The molecule has 1 atom stereocenters. The van der Waals surface area contributed by atoms with E-state index in [1.807, 2.05) is 36.4 Å². The van der Waals surface area contributed by atoms with Gasteiger partial charge in [0.2, 0.25) is 10.0 Å². The first-order valence-corrected chi connectivity index (χ1v) is 9.88. The largest absolute Gasteiger partial charge is 0.370 e. The molecule has 0 saturated heterocycles. The maximum absolute atomic E-state index is 12.9. The number of nitrogens with two attached hydrogens (primary N) is 2. The van der Waals surface area contributed by atoms with E-state index in [1.54, 1.807) is 30.6 Å². The van der Waals surface area contributed by atoms with Crippen LogP contribution in [0.5, 0.6) is 0 Å². The lowest BCUT2D eigenvalue weighted by molar-refractivity contribution is 0.572. The first-order valence-electron chi connectivity index (χ1n) is 8.40. The van der Waals surface area contributed by atoms with E-state index < -0.39 is 10.0 Å². The summed E-state index contributed by atoms with van der Waals surface area (Å²) in [6, 6.07) is 16.3. The lowest BCUT2D eigenvalue weighted by Gasteiger charge is -2.17. The van der Waals surface area contributed by atoms with Crippen LogP contribution in [0.15, 0.2) is 76.9 Å². The quantitative estimate of drug-likeness (QED) is 0.422. The Morgan fingerprint density at radius 3 is 2.59 bits per heavy atom. The molecule has 0 amide bonds. The molecule has 0 spiro atoms. The Morgan fingerprint density at radius 2 is 1.85 bits per heavy atom. The van der Waals surface area contributed by atoms with E-state index in [4.69, 9.17) is 11.5 Å². The van der Waals surface area contributed by atoms with E-state index in [0.717, 1.165) is 10.9 Å². The van der Waals surface area contributed by atoms with E-state index in [9.17, 15) is 8.42 Å². The number of guanidine groups is 1. The van der Waals surface area contributed by atoms with Gasteiger partial charge in [-0.2, -0.15) is 0 Å². The van der Waals surface area contributed by atoms with Crippen molar-refractivity contribution >= 4 is 26.8 Å². The van der Waals surface area contributed by atoms with Gasteiger partial charge in [-0.25, -0.2) is 13.1 Å². The molecule has 0 bridgehead atoms. The highest BCUT2D eigenvalue weighted by Gasteiger charge is 2.20.